The van der Waals surface area contributed by atoms with Gasteiger partial charge in [-0.25, -0.2) is 4.79 Å². The molecule has 2 N–H and O–H groups in total. The number of amides is 1. The Hall–Kier alpha value is -2.86. The number of aliphatic hydroxyl groups excluding tert-OH is 1. The van der Waals surface area contributed by atoms with Crippen molar-refractivity contribution >= 4 is 12.1 Å². The number of nitrogens with one attached hydrogen (secondary N) is 1. The second-order valence-electron chi connectivity index (χ2n) is 8.81. The second kappa shape index (κ2) is 12.2. The van der Waals surface area contributed by atoms with E-state index in [1.54, 1.807) is 27.7 Å². The zero-order chi connectivity index (χ0) is 23.6. The van der Waals surface area contributed by atoms with Crippen LogP contribution in [0, 0.1) is 5.92 Å². The van der Waals surface area contributed by atoms with E-state index in [1.807, 2.05) is 42.5 Å². The molecule has 0 aromatic heterocycles. The SMILES string of the molecule is CCOC(=O)[C@H](CCO)C[C@@H](Cc1ccc(-c2ccccc2)cc1)NC(=O)OC(C)(C)C. The van der Waals surface area contributed by atoms with Crippen LogP contribution in [0.25, 0.3) is 11.1 Å². The lowest BCUT2D eigenvalue weighted by molar-refractivity contribution is -0.149. The number of carbonyl (C=O) groups is 2. The maximum Gasteiger partial charge on any atom is 0.407 e. The van der Waals surface area contributed by atoms with Gasteiger partial charge < -0.3 is 19.9 Å². The summed E-state index contributed by atoms with van der Waals surface area (Å²) < 4.78 is 10.6. The lowest BCUT2D eigenvalue weighted by atomic mass is 9.92. The Kier molecular flexibility index (Phi) is 9.72. The standard InChI is InChI=1S/C26H35NO5/c1-5-31-24(29)22(15-16-28)18-23(27-25(30)32-26(2,3)4)17-19-11-13-21(14-12-19)20-9-7-6-8-10-20/h6-14,22-23,28H,5,15-18H2,1-4H3,(H,27,30)/t22-,23-/m1/s1. The first-order chi connectivity index (χ1) is 15.2. The van der Waals surface area contributed by atoms with Crippen molar-refractivity contribution in [3.8, 4) is 11.1 Å². The largest absolute Gasteiger partial charge is 0.466 e. The van der Waals surface area contributed by atoms with Crippen LogP contribution in [0.4, 0.5) is 4.79 Å². The van der Waals surface area contributed by atoms with Crippen LogP contribution in [0.1, 0.15) is 46.1 Å². The molecule has 6 nitrogen and oxygen atoms in total. The lowest BCUT2D eigenvalue weighted by Crippen LogP contribution is -2.42. The van der Waals surface area contributed by atoms with Gasteiger partial charge in [0.05, 0.1) is 12.5 Å². The summed E-state index contributed by atoms with van der Waals surface area (Å²) in [5.41, 5.74) is 2.64. The highest BCUT2D eigenvalue weighted by atomic mass is 16.6. The Morgan fingerprint density at radius 3 is 2.19 bits per heavy atom. The zero-order valence-corrected chi connectivity index (χ0v) is 19.5. The highest BCUT2D eigenvalue weighted by Gasteiger charge is 2.27. The van der Waals surface area contributed by atoms with Crippen molar-refractivity contribution in [1.82, 2.24) is 5.32 Å². The first kappa shape index (κ1) is 25.4. The molecule has 0 radical (unpaired) electrons. The average Bonchev–Trinajstić information content (AvgIpc) is 2.73. The molecule has 32 heavy (non-hydrogen) atoms. The number of benzene rings is 2. The minimum Gasteiger partial charge on any atom is -0.466 e. The van der Waals surface area contributed by atoms with Gasteiger partial charge in [-0.05, 0) is 63.6 Å². The van der Waals surface area contributed by atoms with E-state index in [9.17, 15) is 14.7 Å². The van der Waals surface area contributed by atoms with Crippen LogP contribution in [-0.2, 0) is 20.7 Å². The summed E-state index contributed by atoms with van der Waals surface area (Å²) in [6.45, 7) is 7.30. The van der Waals surface area contributed by atoms with E-state index in [0.29, 0.717) is 12.8 Å². The Morgan fingerprint density at radius 2 is 1.62 bits per heavy atom. The maximum absolute atomic E-state index is 12.4. The molecule has 2 aromatic rings. The van der Waals surface area contributed by atoms with Crippen molar-refractivity contribution in [3.63, 3.8) is 0 Å². The fraction of sp³-hybridized carbons (Fsp3) is 0.462. The molecule has 0 saturated heterocycles. The molecule has 0 spiro atoms. The minimum absolute atomic E-state index is 0.131. The van der Waals surface area contributed by atoms with E-state index < -0.39 is 17.6 Å². The number of esters is 1. The molecule has 0 aliphatic rings. The fourth-order valence-electron chi connectivity index (χ4n) is 3.51. The van der Waals surface area contributed by atoms with E-state index >= 15 is 0 Å². The molecule has 0 aliphatic heterocycles. The number of alkyl carbamates (subject to hydrolysis) is 1. The van der Waals surface area contributed by atoms with Crippen molar-refractivity contribution in [3.05, 3.63) is 60.2 Å². The van der Waals surface area contributed by atoms with Crippen molar-refractivity contribution in [2.24, 2.45) is 5.92 Å². The quantitative estimate of drug-likeness (QED) is 0.520. The topological polar surface area (TPSA) is 84.9 Å². The van der Waals surface area contributed by atoms with Crippen LogP contribution in [0.2, 0.25) is 0 Å². The Morgan fingerprint density at radius 1 is 1.00 bits per heavy atom. The Bertz CT molecular complexity index is 843. The molecule has 174 valence electrons. The highest BCUT2D eigenvalue weighted by molar-refractivity contribution is 5.73. The summed E-state index contributed by atoms with van der Waals surface area (Å²) in [4.78, 5) is 24.8. The number of ether oxygens (including phenoxy) is 2. The summed E-state index contributed by atoms with van der Waals surface area (Å²) in [5.74, 6) is -0.875. The molecular formula is C26H35NO5. The van der Waals surface area contributed by atoms with Crippen molar-refractivity contribution in [2.75, 3.05) is 13.2 Å². The smallest absolute Gasteiger partial charge is 0.407 e. The van der Waals surface area contributed by atoms with Crippen LogP contribution in [0.5, 0.6) is 0 Å². The highest BCUT2D eigenvalue weighted by Crippen LogP contribution is 2.22. The van der Waals surface area contributed by atoms with Crippen LogP contribution >= 0.6 is 0 Å². The van der Waals surface area contributed by atoms with Gasteiger partial charge in [0, 0.05) is 12.6 Å². The molecule has 0 fully saturated rings. The predicted molar refractivity (Wildman–Crippen MR) is 125 cm³/mol. The van der Waals surface area contributed by atoms with Gasteiger partial charge in [0.15, 0.2) is 0 Å². The Labute approximate surface area is 190 Å². The van der Waals surface area contributed by atoms with Gasteiger partial charge in [-0.15, -0.1) is 0 Å². The summed E-state index contributed by atoms with van der Waals surface area (Å²) in [5, 5.41) is 12.3. The normalized spacial score (nSPS) is 13.2. The number of aliphatic hydroxyl groups is 1. The number of carbonyl (C=O) groups excluding carboxylic acids is 2. The third-order valence-corrected chi connectivity index (χ3v) is 4.93. The summed E-state index contributed by atoms with van der Waals surface area (Å²) in [6.07, 6.45) is 0.613. The van der Waals surface area contributed by atoms with Gasteiger partial charge in [0.1, 0.15) is 5.60 Å². The third-order valence-electron chi connectivity index (χ3n) is 4.93. The van der Waals surface area contributed by atoms with Crippen LogP contribution < -0.4 is 5.32 Å². The van der Waals surface area contributed by atoms with Gasteiger partial charge in [0.2, 0.25) is 0 Å². The monoisotopic (exact) mass is 441 g/mol. The molecule has 0 saturated carbocycles. The molecule has 0 unspecified atom stereocenters. The minimum atomic E-state index is -0.627. The first-order valence-corrected chi connectivity index (χ1v) is 11.1. The molecule has 0 heterocycles. The van der Waals surface area contributed by atoms with Gasteiger partial charge in [-0.2, -0.15) is 0 Å². The summed E-state index contributed by atoms with van der Waals surface area (Å²) in [6, 6.07) is 17.9. The van der Waals surface area contributed by atoms with Gasteiger partial charge in [-0.3, -0.25) is 4.79 Å². The fourth-order valence-corrected chi connectivity index (χ4v) is 3.51. The van der Waals surface area contributed by atoms with Crippen LogP contribution in [0.15, 0.2) is 54.6 Å². The Balaban J connectivity index is 2.17. The predicted octanol–water partition coefficient (Wildman–Crippen LogP) is 4.74. The molecule has 1 amide bonds. The number of rotatable bonds is 10. The number of hydrogen-bond acceptors (Lipinski definition) is 5. The molecule has 0 aliphatic carbocycles. The average molecular weight is 442 g/mol. The van der Waals surface area contributed by atoms with Gasteiger partial charge >= 0.3 is 12.1 Å². The number of hydrogen-bond donors (Lipinski definition) is 2. The summed E-state index contributed by atoms with van der Waals surface area (Å²) in [7, 11) is 0. The van der Waals surface area contributed by atoms with Gasteiger partial charge in [0.25, 0.3) is 0 Å². The lowest BCUT2D eigenvalue weighted by Gasteiger charge is -2.26. The van der Waals surface area contributed by atoms with E-state index in [0.717, 1.165) is 16.7 Å². The molecule has 2 rings (SSSR count). The van der Waals surface area contributed by atoms with Crippen molar-refractivity contribution in [1.29, 1.82) is 0 Å². The summed E-state index contributed by atoms with van der Waals surface area (Å²) >= 11 is 0. The second-order valence-corrected chi connectivity index (χ2v) is 8.81. The van der Waals surface area contributed by atoms with Crippen molar-refractivity contribution < 1.29 is 24.2 Å². The third kappa shape index (κ3) is 8.71. The molecular weight excluding hydrogens is 406 g/mol. The van der Waals surface area contributed by atoms with E-state index in [4.69, 9.17) is 9.47 Å². The van der Waals surface area contributed by atoms with E-state index in [1.165, 1.54) is 0 Å². The van der Waals surface area contributed by atoms with Gasteiger partial charge in [-0.1, -0.05) is 54.6 Å². The first-order valence-electron chi connectivity index (χ1n) is 11.1. The zero-order valence-electron chi connectivity index (χ0n) is 19.5. The molecule has 2 atom stereocenters. The van der Waals surface area contributed by atoms with E-state index in [2.05, 4.69) is 17.4 Å². The van der Waals surface area contributed by atoms with E-state index in [-0.39, 0.29) is 31.6 Å². The maximum atomic E-state index is 12.4. The molecule has 0 bridgehead atoms. The molecule has 6 heteroatoms. The molecule has 2 aromatic carbocycles. The van der Waals surface area contributed by atoms with Crippen molar-refractivity contribution in [2.45, 2.75) is 58.6 Å². The van der Waals surface area contributed by atoms with Crippen LogP contribution in [-0.4, -0.2) is 42.0 Å². The van der Waals surface area contributed by atoms with Crippen LogP contribution in [0.3, 0.4) is 0 Å².